The first-order valence-electron chi connectivity index (χ1n) is 6.63. The van der Waals surface area contributed by atoms with E-state index in [1.807, 2.05) is 30.0 Å². The van der Waals surface area contributed by atoms with Crippen LogP contribution >= 0.6 is 11.8 Å². The van der Waals surface area contributed by atoms with Crippen molar-refractivity contribution in [2.45, 2.75) is 37.8 Å². The zero-order valence-electron chi connectivity index (χ0n) is 10.9. The van der Waals surface area contributed by atoms with E-state index in [1.54, 1.807) is 0 Å². The molecule has 0 radical (unpaired) electrons. The van der Waals surface area contributed by atoms with E-state index in [2.05, 4.69) is 30.4 Å². The molecule has 0 spiro atoms. The lowest BCUT2D eigenvalue weighted by Crippen LogP contribution is -2.43. The molecule has 0 aliphatic heterocycles. The van der Waals surface area contributed by atoms with Crippen molar-refractivity contribution in [1.82, 2.24) is 5.32 Å². The molecule has 1 unspecified atom stereocenters. The van der Waals surface area contributed by atoms with Crippen molar-refractivity contribution in [2.24, 2.45) is 0 Å². The van der Waals surface area contributed by atoms with Gasteiger partial charge in [-0.2, -0.15) is 17.0 Å². The third kappa shape index (κ3) is 3.28. The summed E-state index contributed by atoms with van der Waals surface area (Å²) in [6, 6.07) is 13.2. The van der Waals surface area contributed by atoms with Crippen molar-refractivity contribution >= 4 is 11.8 Å². The van der Waals surface area contributed by atoms with Gasteiger partial charge in [0.05, 0.1) is 6.07 Å². The Labute approximate surface area is 114 Å². The molecule has 2 nitrogen and oxygen atoms in total. The Balaban J connectivity index is 2.16. The topological polar surface area (TPSA) is 35.8 Å². The van der Waals surface area contributed by atoms with Crippen molar-refractivity contribution in [3.63, 3.8) is 0 Å². The van der Waals surface area contributed by atoms with Crippen LogP contribution in [-0.2, 0) is 5.54 Å². The number of hydrogen-bond donors (Lipinski definition) is 1. The van der Waals surface area contributed by atoms with Crippen LogP contribution in [0.5, 0.6) is 0 Å². The second-order valence-corrected chi connectivity index (χ2v) is 6.14. The summed E-state index contributed by atoms with van der Waals surface area (Å²) in [5.74, 6) is 2.14. The molecule has 0 bridgehead atoms. The predicted octanol–water partition coefficient (Wildman–Crippen LogP) is 3.30. The molecule has 0 saturated heterocycles. The van der Waals surface area contributed by atoms with Crippen LogP contribution in [0.3, 0.4) is 0 Å². The van der Waals surface area contributed by atoms with Gasteiger partial charge in [0.1, 0.15) is 5.54 Å². The first kappa shape index (κ1) is 13.5. The Kier molecular flexibility index (Phi) is 4.68. The largest absolute Gasteiger partial charge is 0.293 e. The Bertz CT molecular complexity index is 408. The fourth-order valence-corrected chi connectivity index (χ4v) is 2.86. The van der Waals surface area contributed by atoms with Gasteiger partial charge in [-0.25, -0.2) is 0 Å². The summed E-state index contributed by atoms with van der Waals surface area (Å²) in [5.41, 5.74) is 0.612. The molecule has 96 valence electrons. The van der Waals surface area contributed by atoms with E-state index >= 15 is 0 Å². The van der Waals surface area contributed by atoms with Crippen LogP contribution in [-0.4, -0.2) is 17.5 Å². The van der Waals surface area contributed by atoms with E-state index in [-0.39, 0.29) is 0 Å². The fourth-order valence-electron chi connectivity index (χ4n) is 2.12. The maximum Gasteiger partial charge on any atom is 0.133 e. The van der Waals surface area contributed by atoms with Gasteiger partial charge in [0, 0.05) is 6.04 Å². The van der Waals surface area contributed by atoms with E-state index < -0.39 is 5.54 Å². The average Bonchev–Trinajstić information content (AvgIpc) is 3.23. The summed E-state index contributed by atoms with van der Waals surface area (Å²) >= 11 is 1.90. The summed E-state index contributed by atoms with van der Waals surface area (Å²) in [5, 5.41) is 13.2. The number of benzene rings is 1. The van der Waals surface area contributed by atoms with Gasteiger partial charge in [-0.1, -0.05) is 37.3 Å². The third-order valence-corrected chi connectivity index (χ3v) is 4.21. The molecular weight excluding hydrogens is 240 g/mol. The van der Waals surface area contributed by atoms with Crippen LogP contribution in [0, 0.1) is 11.3 Å². The van der Waals surface area contributed by atoms with Crippen LogP contribution in [0.15, 0.2) is 30.3 Å². The second-order valence-electron chi connectivity index (χ2n) is 4.75. The number of nitriles is 1. The number of nitrogens with one attached hydrogen (secondary N) is 1. The molecule has 1 aliphatic carbocycles. The number of hydrogen-bond acceptors (Lipinski definition) is 3. The summed E-state index contributed by atoms with van der Waals surface area (Å²) in [6.45, 7) is 2.16. The quantitative estimate of drug-likeness (QED) is 0.764. The first-order chi connectivity index (χ1) is 8.80. The lowest BCUT2D eigenvalue weighted by Gasteiger charge is -2.28. The van der Waals surface area contributed by atoms with Crippen LogP contribution in [0.1, 0.15) is 31.7 Å². The van der Waals surface area contributed by atoms with Gasteiger partial charge in [0.25, 0.3) is 0 Å². The zero-order valence-corrected chi connectivity index (χ0v) is 11.7. The van der Waals surface area contributed by atoms with E-state index in [0.717, 1.165) is 23.5 Å². The summed E-state index contributed by atoms with van der Waals surface area (Å²) in [6.07, 6.45) is 3.29. The third-order valence-electron chi connectivity index (χ3n) is 3.31. The lowest BCUT2D eigenvalue weighted by molar-refractivity contribution is 0.412. The zero-order chi connectivity index (χ0) is 12.8. The Hall–Kier alpha value is -0.980. The van der Waals surface area contributed by atoms with Crippen molar-refractivity contribution < 1.29 is 0 Å². The number of rotatable bonds is 7. The first-order valence-corrected chi connectivity index (χ1v) is 7.78. The molecular formula is C15H20N2S. The van der Waals surface area contributed by atoms with E-state index in [4.69, 9.17) is 0 Å². The Morgan fingerprint density at radius 1 is 1.39 bits per heavy atom. The minimum Gasteiger partial charge on any atom is -0.293 e. The standard InChI is InChI=1S/C15H20N2S/c1-2-18-11-10-15(12-16,17-14-8-9-14)13-6-4-3-5-7-13/h3-7,14,17H,2,8-11H2,1H3. The molecule has 1 fully saturated rings. The molecule has 0 amide bonds. The highest BCUT2D eigenvalue weighted by Gasteiger charge is 2.37. The van der Waals surface area contributed by atoms with E-state index in [9.17, 15) is 5.26 Å². The second kappa shape index (κ2) is 6.26. The lowest BCUT2D eigenvalue weighted by atomic mass is 9.88. The Morgan fingerprint density at radius 3 is 2.67 bits per heavy atom. The average molecular weight is 260 g/mol. The maximum atomic E-state index is 9.68. The van der Waals surface area contributed by atoms with Crippen molar-refractivity contribution in [3.8, 4) is 6.07 Å². The molecule has 1 aromatic carbocycles. The van der Waals surface area contributed by atoms with Gasteiger partial charge in [-0.15, -0.1) is 0 Å². The summed E-state index contributed by atoms with van der Waals surface area (Å²) < 4.78 is 0. The maximum absolute atomic E-state index is 9.68. The van der Waals surface area contributed by atoms with E-state index in [0.29, 0.717) is 6.04 Å². The van der Waals surface area contributed by atoms with Crippen LogP contribution in [0.25, 0.3) is 0 Å². The van der Waals surface area contributed by atoms with Gasteiger partial charge < -0.3 is 0 Å². The van der Waals surface area contributed by atoms with Gasteiger partial charge in [-0.3, -0.25) is 5.32 Å². The van der Waals surface area contributed by atoms with Crippen molar-refractivity contribution in [3.05, 3.63) is 35.9 Å². The minimum atomic E-state index is -0.495. The molecule has 2 rings (SSSR count). The molecule has 0 heterocycles. The van der Waals surface area contributed by atoms with Crippen LogP contribution in [0.4, 0.5) is 0 Å². The van der Waals surface area contributed by atoms with Gasteiger partial charge >= 0.3 is 0 Å². The highest BCUT2D eigenvalue weighted by Crippen LogP contribution is 2.31. The number of nitrogens with zero attached hydrogens (tertiary/aromatic N) is 1. The van der Waals surface area contributed by atoms with Crippen LogP contribution in [0.2, 0.25) is 0 Å². The summed E-state index contributed by atoms with van der Waals surface area (Å²) in [4.78, 5) is 0. The van der Waals surface area contributed by atoms with E-state index in [1.165, 1.54) is 12.8 Å². The fraction of sp³-hybridized carbons (Fsp3) is 0.533. The SMILES string of the molecule is CCSCCC(C#N)(NC1CC1)c1ccccc1. The molecule has 0 aromatic heterocycles. The Morgan fingerprint density at radius 2 is 2.11 bits per heavy atom. The highest BCUT2D eigenvalue weighted by atomic mass is 32.2. The molecule has 1 saturated carbocycles. The molecule has 1 aromatic rings. The molecule has 3 heteroatoms. The van der Waals surface area contributed by atoms with Gasteiger partial charge in [-0.05, 0) is 36.3 Å². The minimum absolute atomic E-state index is 0.495. The van der Waals surface area contributed by atoms with Gasteiger partial charge in [0.2, 0.25) is 0 Å². The highest BCUT2D eigenvalue weighted by molar-refractivity contribution is 7.99. The van der Waals surface area contributed by atoms with Crippen molar-refractivity contribution in [1.29, 1.82) is 5.26 Å². The predicted molar refractivity (Wildman–Crippen MR) is 77.5 cm³/mol. The smallest absolute Gasteiger partial charge is 0.133 e. The van der Waals surface area contributed by atoms with Crippen molar-refractivity contribution in [2.75, 3.05) is 11.5 Å². The number of thioether (sulfide) groups is 1. The monoisotopic (exact) mass is 260 g/mol. The van der Waals surface area contributed by atoms with Gasteiger partial charge in [0.15, 0.2) is 0 Å². The summed E-state index contributed by atoms with van der Waals surface area (Å²) in [7, 11) is 0. The molecule has 1 N–H and O–H groups in total. The van der Waals surface area contributed by atoms with Crippen LogP contribution < -0.4 is 5.32 Å². The normalized spacial score (nSPS) is 18.0. The molecule has 18 heavy (non-hydrogen) atoms. The molecule has 1 aliphatic rings. The molecule has 1 atom stereocenters.